The summed E-state index contributed by atoms with van der Waals surface area (Å²) in [5.74, 6) is -0.821. The Morgan fingerprint density at radius 3 is 2.77 bits per heavy atom. The van der Waals surface area contributed by atoms with Gasteiger partial charge in [-0.1, -0.05) is 18.2 Å². The van der Waals surface area contributed by atoms with Crippen molar-refractivity contribution in [3.8, 4) is 0 Å². The van der Waals surface area contributed by atoms with Gasteiger partial charge in [0.05, 0.1) is 5.52 Å². The Hall–Kier alpha value is -4.33. The second-order valence-corrected chi connectivity index (χ2v) is 6.74. The first kappa shape index (κ1) is 20.0. The lowest BCUT2D eigenvalue weighted by molar-refractivity contribution is -0.116. The van der Waals surface area contributed by atoms with Gasteiger partial charge in [0, 0.05) is 43.1 Å². The number of aromatic nitrogens is 3. The zero-order valence-corrected chi connectivity index (χ0v) is 16.5. The monoisotopic (exact) mass is 413 g/mol. The second-order valence-electron chi connectivity index (χ2n) is 6.74. The third-order valence-electron chi connectivity index (χ3n) is 4.62. The molecule has 3 heterocycles. The number of benzene rings is 1. The number of fused-ring (bicyclic) bond motifs is 2. The van der Waals surface area contributed by atoms with Gasteiger partial charge in [0.25, 0.3) is 11.5 Å². The van der Waals surface area contributed by atoms with Gasteiger partial charge in [-0.05, 0) is 42.0 Å². The minimum atomic E-state index is -0.537. The number of pyridine rings is 2. The molecule has 0 atom stereocenters. The number of amides is 2. The van der Waals surface area contributed by atoms with Gasteiger partial charge >= 0.3 is 0 Å². The van der Waals surface area contributed by atoms with Crippen LogP contribution in [0.4, 0.5) is 0 Å². The van der Waals surface area contributed by atoms with Crippen LogP contribution in [0.1, 0.15) is 15.9 Å². The van der Waals surface area contributed by atoms with Crippen LogP contribution in [0.3, 0.4) is 0 Å². The van der Waals surface area contributed by atoms with Gasteiger partial charge < -0.3 is 10.6 Å². The highest BCUT2D eigenvalue weighted by atomic mass is 16.2. The summed E-state index contributed by atoms with van der Waals surface area (Å²) >= 11 is 0. The van der Waals surface area contributed by atoms with Gasteiger partial charge in [-0.2, -0.15) is 0 Å². The van der Waals surface area contributed by atoms with E-state index in [0.29, 0.717) is 5.65 Å². The van der Waals surface area contributed by atoms with Crippen molar-refractivity contribution in [1.82, 2.24) is 25.0 Å². The number of hydrogen-bond donors (Lipinski definition) is 2. The average Bonchev–Trinajstić information content (AvgIpc) is 2.80. The summed E-state index contributed by atoms with van der Waals surface area (Å²) in [6.07, 6.45) is 7.69. The largest absolute Gasteiger partial charge is 0.351 e. The van der Waals surface area contributed by atoms with Crippen molar-refractivity contribution in [2.75, 3.05) is 13.1 Å². The Kier molecular flexibility index (Phi) is 5.79. The minimum Gasteiger partial charge on any atom is -0.351 e. The normalized spacial score (nSPS) is 11.1. The van der Waals surface area contributed by atoms with Crippen molar-refractivity contribution in [2.24, 2.45) is 0 Å². The predicted octanol–water partition coefficient (Wildman–Crippen LogP) is 1.80. The highest BCUT2D eigenvalue weighted by Crippen LogP contribution is 2.14. The number of hydrogen-bond acceptors (Lipinski definition) is 5. The highest BCUT2D eigenvalue weighted by Gasteiger charge is 2.12. The van der Waals surface area contributed by atoms with Crippen molar-refractivity contribution in [1.29, 1.82) is 0 Å². The summed E-state index contributed by atoms with van der Waals surface area (Å²) in [6.45, 7) is 0.399. The van der Waals surface area contributed by atoms with Crippen LogP contribution in [-0.2, 0) is 4.79 Å². The van der Waals surface area contributed by atoms with Crippen LogP contribution in [0.15, 0.2) is 78.0 Å². The van der Waals surface area contributed by atoms with Gasteiger partial charge in [0.1, 0.15) is 11.2 Å². The molecule has 8 heteroatoms. The van der Waals surface area contributed by atoms with Crippen LogP contribution in [-0.4, -0.2) is 39.3 Å². The zero-order chi connectivity index (χ0) is 21.6. The second kappa shape index (κ2) is 9.00. The van der Waals surface area contributed by atoms with Gasteiger partial charge in [-0.25, -0.2) is 4.98 Å². The molecule has 0 spiro atoms. The SMILES string of the molecule is O=C(/C=C/c1ccc2ncccc2c1)NCCNC(=O)c1cnc2ccccn2c1=O. The topological polar surface area (TPSA) is 105 Å². The first-order chi connectivity index (χ1) is 15.1. The lowest BCUT2D eigenvalue weighted by atomic mass is 10.1. The number of nitrogens with one attached hydrogen (secondary N) is 2. The van der Waals surface area contributed by atoms with Crippen LogP contribution in [0.25, 0.3) is 22.6 Å². The molecule has 0 aliphatic carbocycles. The molecule has 0 fully saturated rings. The van der Waals surface area contributed by atoms with Crippen molar-refractivity contribution in [3.05, 3.63) is 94.7 Å². The lowest BCUT2D eigenvalue weighted by Crippen LogP contribution is -2.36. The van der Waals surface area contributed by atoms with Crippen LogP contribution in [0.5, 0.6) is 0 Å². The smallest absolute Gasteiger partial charge is 0.270 e. The third-order valence-corrected chi connectivity index (χ3v) is 4.62. The van der Waals surface area contributed by atoms with E-state index in [2.05, 4.69) is 20.6 Å². The maximum atomic E-state index is 12.4. The van der Waals surface area contributed by atoms with Crippen LogP contribution in [0.2, 0.25) is 0 Å². The number of carbonyl (C=O) groups is 2. The molecule has 0 aliphatic heterocycles. The fraction of sp³-hybridized carbons (Fsp3) is 0.0870. The van der Waals surface area contributed by atoms with E-state index in [0.717, 1.165) is 16.5 Å². The predicted molar refractivity (Wildman–Crippen MR) is 118 cm³/mol. The van der Waals surface area contributed by atoms with E-state index < -0.39 is 11.5 Å². The fourth-order valence-corrected chi connectivity index (χ4v) is 3.07. The molecule has 0 saturated heterocycles. The van der Waals surface area contributed by atoms with Gasteiger partial charge in [-0.3, -0.25) is 23.8 Å². The summed E-state index contributed by atoms with van der Waals surface area (Å²) in [4.78, 5) is 45.0. The van der Waals surface area contributed by atoms with E-state index >= 15 is 0 Å². The van der Waals surface area contributed by atoms with Crippen LogP contribution < -0.4 is 16.2 Å². The Bertz CT molecular complexity index is 1360. The average molecular weight is 413 g/mol. The third kappa shape index (κ3) is 4.64. The van der Waals surface area contributed by atoms with E-state index in [1.807, 2.05) is 30.3 Å². The molecular weight excluding hydrogens is 394 g/mol. The zero-order valence-electron chi connectivity index (χ0n) is 16.5. The number of nitrogens with zero attached hydrogens (tertiary/aromatic N) is 3. The minimum absolute atomic E-state index is 0.0549. The summed E-state index contributed by atoms with van der Waals surface area (Å²) in [5.41, 5.74) is 1.74. The van der Waals surface area contributed by atoms with Crippen molar-refractivity contribution in [3.63, 3.8) is 0 Å². The Balaban J connectivity index is 1.28. The van der Waals surface area contributed by atoms with Crippen LogP contribution in [0, 0.1) is 0 Å². The van der Waals surface area contributed by atoms with E-state index in [1.165, 1.54) is 16.7 Å². The van der Waals surface area contributed by atoms with Crippen LogP contribution >= 0.6 is 0 Å². The molecule has 0 aliphatic rings. The first-order valence-corrected chi connectivity index (χ1v) is 9.67. The maximum Gasteiger partial charge on any atom is 0.270 e. The molecule has 1 aromatic carbocycles. The van der Waals surface area contributed by atoms with Gasteiger partial charge in [0.2, 0.25) is 5.91 Å². The Morgan fingerprint density at radius 1 is 1.00 bits per heavy atom. The standard InChI is InChI=1S/C23H19N5O3/c29-21(9-7-16-6-8-19-17(14-16)4-3-10-24-19)25-11-12-26-22(30)18-15-27-20-5-1-2-13-28(20)23(18)31/h1-10,13-15H,11-12H2,(H,25,29)(H,26,30)/b9-7+. The summed E-state index contributed by atoms with van der Waals surface area (Å²) in [6, 6.07) is 14.7. The molecule has 4 aromatic rings. The molecule has 4 rings (SSSR count). The first-order valence-electron chi connectivity index (χ1n) is 9.67. The van der Waals surface area contributed by atoms with Crippen molar-refractivity contribution >= 4 is 34.4 Å². The molecular formula is C23H19N5O3. The Labute approximate surface area is 177 Å². The van der Waals surface area contributed by atoms with E-state index in [4.69, 9.17) is 0 Å². The molecule has 0 bridgehead atoms. The molecule has 0 radical (unpaired) electrons. The van der Waals surface area contributed by atoms with Gasteiger partial charge in [-0.15, -0.1) is 0 Å². The summed E-state index contributed by atoms with van der Waals surface area (Å²) in [5, 5.41) is 6.30. The molecule has 154 valence electrons. The van der Waals surface area contributed by atoms with E-state index in [9.17, 15) is 14.4 Å². The molecule has 2 amide bonds. The molecule has 8 nitrogen and oxygen atoms in total. The van der Waals surface area contributed by atoms with E-state index in [1.54, 1.807) is 36.7 Å². The fourth-order valence-electron chi connectivity index (χ4n) is 3.07. The molecule has 31 heavy (non-hydrogen) atoms. The van der Waals surface area contributed by atoms with Gasteiger partial charge in [0.15, 0.2) is 0 Å². The summed E-state index contributed by atoms with van der Waals surface area (Å²) < 4.78 is 1.31. The van der Waals surface area contributed by atoms with Crippen molar-refractivity contribution in [2.45, 2.75) is 0 Å². The Morgan fingerprint density at radius 2 is 1.87 bits per heavy atom. The summed E-state index contributed by atoms with van der Waals surface area (Å²) in [7, 11) is 0. The quantitative estimate of drug-likeness (QED) is 0.370. The van der Waals surface area contributed by atoms with Crippen molar-refractivity contribution < 1.29 is 9.59 Å². The van der Waals surface area contributed by atoms with E-state index in [-0.39, 0.29) is 24.6 Å². The molecule has 3 aromatic heterocycles. The molecule has 2 N–H and O–H groups in total. The molecule has 0 unspecified atom stereocenters. The molecule has 0 saturated carbocycles. The lowest BCUT2D eigenvalue weighted by Gasteiger charge is -2.06. The number of carbonyl (C=O) groups excluding carboxylic acids is 2. The number of rotatable bonds is 6. The maximum absolute atomic E-state index is 12.4. The highest BCUT2D eigenvalue weighted by molar-refractivity contribution is 5.94.